The molecule has 0 radical (unpaired) electrons. The van der Waals surface area contributed by atoms with E-state index in [0.717, 1.165) is 17.7 Å². The van der Waals surface area contributed by atoms with Gasteiger partial charge in [0.05, 0.1) is 0 Å². The minimum absolute atomic E-state index is 0.0120. The number of aryl methyl sites for hydroxylation is 1. The lowest BCUT2D eigenvalue weighted by molar-refractivity contribution is 0.716. The van der Waals surface area contributed by atoms with Crippen molar-refractivity contribution in [3.63, 3.8) is 0 Å². The summed E-state index contributed by atoms with van der Waals surface area (Å²) < 4.78 is 0. The minimum atomic E-state index is 0.0120. The van der Waals surface area contributed by atoms with Crippen LogP contribution in [0.5, 0.6) is 0 Å². The molecule has 0 saturated carbocycles. The highest BCUT2D eigenvalue weighted by atomic mass is 14.7. The number of rotatable bonds is 4. The molecule has 0 aliphatic carbocycles. The van der Waals surface area contributed by atoms with Crippen LogP contribution in [0.1, 0.15) is 48.2 Å². The van der Waals surface area contributed by atoms with Crippen LogP contribution < -0.4 is 5.73 Å². The predicted molar refractivity (Wildman–Crippen MR) is 80.1 cm³/mol. The number of nitrogens with zero attached hydrogens (tertiary/aromatic N) is 1. The summed E-state index contributed by atoms with van der Waals surface area (Å²) in [5.74, 6) is 0.573. The van der Waals surface area contributed by atoms with Crippen LogP contribution in [-0.2, 0) is 6.42 Å². The molecule has 0 bridgehead atoms. The zero-order valence-corrected chi connectivity index (χ0v) is 11.9. The molecule has 0 amide bonds. The Morgan fingerprint density at radius 2 is 1.63 bits per heavy atom. The zero-order chi connectivity index (χ0) is 13.8. The van der Waals surface area contributed by atoms with Crippen LogP contribution in [-0.4, -0.2) is 4.98 Å². The monoisotopic (exact) mass is 254 g/mol. The van der Waals surface area contributed by atoms with Crippen molar-refractivity contribution < 1.29 is 0 Å². The largest absolute Gasteiger partial charge is 0.324 e. The van der Waals surface area contributed by atoms with Crippen LogP contribution in [0.15, 0.2) is 42.6 Å². The van der Waals surface area contributed by atoms with E-state index in [1.165, 1.54) is 11.1 Å². The fraction of sp³-hybridized carbons (Fsp3) is 0.353. The molecule has 0 spiro atoms. The molecule has 1 atom stereocenters. The van der Waals surface area contributed by atoms with Crippen molar-refractivity contribution in [3.8, 4) is 0 Å². The number of nitrogens with two attached hydrogens (primary N) is 1. The lowest BCUT2D eigenvalue weighted by atomic mass is 9.97. The Morgan fingerprint density at radius 3 is 2.16 bits per heavy atom. The second kappa shape index (κ2) is 5.98. The number of pyridine rings is 1. The van der Waals surface area contributed by atoms with Gasteiger partial charge in [0.15, 0.2) is 0 Å². The maximum Gasteiger partial charge on any atom is 0.0372 e. The normalized spacial score (nSPS) is 12.7. The summed E-state index contributed by atoms with van der Waals surface area (Å²) in [6, 6.07) is 12.8. The second-order valence-electron chi connectivity index (χ2n) is 5.44. The van der Waals surface area contributed by atoms with E-state index in [0.29, 0.717) is 5.92 Å². The van der Waals surface area contributed by atoms with Gasteiger partial charge in [-0.05, 0) is 42.0 Å². The van der Waals surface area contributed by atoms with Crippen molar-refractivity contribution in [2.45, 2.75) is 39.2 Å². The first-order valence-electron chi connectivity index (χ1n) is 6.83. The molecule has 19 heavy (non-hydrogen) atoms. The highest BCUT2D eigenvalue weighted by molar-refractivity contribution is 5.27. The van der Waals surface area contributed by atoms with Crippen LogP contribution in [0, 0.1) is 6.92 Å². The van der Waals surface area contributed by atoms with Crippen molar-refractivity contribution in [1.82, 2.24) is 4.98 Å². The molecule has 0 saturated heterocycles. The number of aromatic nitrogens is 1. The molecule has 1 heterocycles. The van der Waals surface area contributed by atoms with Crippen molar-refractivity contribution in [3.05, 3.63) is 65.0 Å². The zero-order valence-electron chi connectivity index (χ0n) is 11.9. The minimum Gasteiger partial charge on any atom is -0.324 e. The lowest BCUT2D eigenvalue weighted by Crippen LogP contribution is -2.13. The molecule has 0 aliphatic rings. The van der Waals surface area contributed by atoms with Gasteiger partial charge in [0.2, 0.25) is 0 Å². The topological polar surface area (TPSA) is 38.9 Å². The van der Waals surface area contributed by atoms with Crippen LogP contribution in [0.2, 0.25) is 0 Å². The average molecular weight is 254 g/mol. The van der Waals surface area contributed by atoms with E-state index < -0.39 is 0 Å². The first-order valence-corrected chi connectivity index (χ1v) is 6.83. The van der Waals surface area contributed by atoms with E-state index in [2.05, 4.69) is 49.2 Å². The maximum atomic E-state index is 6.23. The van der Waals surface area contributed by atoms with Crippen LogP contribution >= 0.6 is 0 Å². The molecule has 2 N–H and O–H groups in total. The molecular formula is C17H22N2. The number of hydrogen-bond acceptors (Lipinski definition) is 2. The third kappa shape index (κ3) is 3.65. The SMILES string of the molecule is Cc1ccc(C(N)Cc2ccc(C(C)C)cc2)cn1. The van der Waals surface area contributed by atoms with Crippen molar-refractivity contribution in [2.24, 2.45) is 5.73 Å². The summed E-state index contributed by atoms with van der Waals surface area (Å²) in [5, 5.41) is 0. The van der Waals surface area contributed by atoms with Gasteiger partial charge < -0.3 is 5.73 Å². The van der Waals surface area contributed by atoms with Gasteiger partial charge in [0, 0.05) is 17.9 Å². The molecule has 2 heteroatoms. The Hall–Kier alpha value is -1.67. The summed E-state index contributed by atoms with van der Waals surface area (Å²) in [5.41, 5.74) is 11.0. The van der Waals surface area contributed by atoms with Gasteiger partial charge in [-0.25, -0.2) is 0 Å². The van der Waals surface area contributed by atoms with Gasteiger partial charge in [-0.15, -0.1) is 0 Å². The summed E-state index contributed by atoms with van der Waals surface area (Å²) in [7, 11) is 0. The number of hydrogen-bond donors (Lipinski definition) is 1. The molecular weight excluding hydrogens is 232 g/mol. The van der Waals surface area contributed by atoms with Gasteiger partial charge >= 0.3 is 0 Å². The lowest BCUT2D eigenvalue weighted by Gasteiger charge is -2.13. The summed E-state index contributed by atoms with van der Waals surface area (Å²) >= 11 is 0. The maximum absolute atomic E-state index is 6.23. The van der Waals surface area contributed by atoms with E-state index in [1.54, 1.807) is 0 Å². The first kappa shape index (κ1) is 13.8. The van der Waals surface area contributed by atoms with E-state index in [4.69, 9.17) is 5.73 Å². The van der Waals surface area contributed by atoms with E-state index >= 15 is 0 Å². The third-order valence-electron chi connectivity index (χ3n) is 3.46. The Balaban J connectivity index is 2.06. The van der Waals surface area contributed by atoms with Crippen molar-refractivity contribution >= 4 is 0 Å². The Labute approximate surface area is 115 Å². The van der Waals surface area contributed by atoms with Crippen LogP contribution in [0.4, 0.5) is 0 Å². The van der Waals surface area contributed by atoms with Gasteiger partial charge in [-0.2, -0.15) is 0 Å². The Kier molecular flexibility index (Phi) is 4.33. The summed E-state index contributed by atoms with van der Waals surface area (Å²) in [6.07, 6.45) is 2.73. The van der Waals surface area contributed by atoms with E-state index in [-0.39, 0.29) is 6.04 Å². The van der Waals surface area contributed by atoms with Crippen LogP contribution in [0.3, 0.4) is 0 Å². The molecule has 1 aromatic carbocycles. The first-order chi connectivity index (χ1) is 9.06. The van der Waals surface area contributed by atoms with E-state index in [9.17, 15) is 0 Å². The fourth-order valence-electron chi connectivity index (χ4n) is 2.11. The highest BCUT2D eigenvalue weighted by Crippen LogP contribution is 2.19. The fourth-order valence-corrected chi connectivity index (χ4v) is 2.11. The van der Waals surface area contributed by atoms with Crippen LogP contribution in [0.25, 0.3) is 0 Å². The number of benzene rings is 1. The average Bonchev–Trinajstić information content (AvgIpc) is 2.40. The summed E-state index contributed by atoms with van der Waals surface area (Å²) in [4.78, 5) is 4.30. The van der Waals surface area contributed by atoms with Crippen molar-refractivity contribution in [2.75, 3.05) is 0 Å². The Bertz CT molecular complexity index is 512. The predicted octanol–water partition coefficient (Wildman–Crippen LogP) is 3.76. The highest BCUT2D eigenvalue weighted by Gasteiger charge is 2.08. The molecule has 0 fully saturated rings. The third-order valence-corrected chi connectivity index (χ3v) is 3.46. The molecule has 0 aliphatic heterocycles. The Morgan fingerprint density at radius 1 is 1.00 bits per heavy atom. The quantitative estimate of drug-likeness (QED) is 0.902. The molecule has 100 valence electrons. The standard InChI is InChI=1S/C17H22N2/c1-12(2)15-8-5-14(6-9-15)10-17(18)16-7-4-13(3)19-11-16/h4-9,11-12,17H,10,18H2,1-3H3. The van der Waals surface area contributed by atoms with Gasteiger partial charge in [0.25, 0.3) is 0 Å². The molecule has 1 unspecified atom stereocenters. The van der Waals surface area contributed by atoms with Crippen molar-refractivity contribution in [1.29, 1.82) is 0 Å². The van der Waals surface area contributed by atoms with Gasteiger partial charge in [-0.1, -0.05) is 44.2 Å². The van der Waals surface area contributed by atoms with Gasteiger partial charge in [-0.3, -0.25) is 4.98 Å². The second-order valence-corrected chi connectivity index (χ2v) is 5.44. The van der Waals surface area contributed by atoms with E-state index in [1.807, 2.05) is 19.2 Å². The molecule has 1 aromatic heterocycles. The smallest absolute Gasteiger partial charge is 0.0372 e. The molecule has 2 aromatic rings. The molecule has 2 nitrogen and oxygen atoms in total. The van der Waals surface area contributed by atoms with Gasteiger partial charge in [0.1, 0.15) is 0 Å². The molecule has 2 rings (SSSR count). The summed E-state index contributed by atoms with van der Waals surface area (Å²) in [6.45, 7) is 6.40.